The van der Waals surface area contributed by atoms with Gasteiger partial charge >= 0.3 is 0 Å². The van der Waals surface area contributed by atoms with Gasteiger partial charge in [-0.2, -0.15) is 4.31 Å². The van der Waals surface area contributed by atoms with Gasteiger partial charge in [0, 0.05) is 26.7 Å². The van der Waals surface area contributed by atoms with Crippen LogP contribution in [0.15, 0.2) is 53.4 Å². The van der Waals surface area contributed by atoms with Crippen molar-refractivity contribution in [2.24, 2.45) is 0 Å². The number of ether oxygens (including phenoxy) is 1. The average molecular weight is 423 g/mol. The Kier molecular flexibility index (Phi) is 6.40. The lowest BCUT2D eigenvalue weighted by Gasteiger charge is -2.31. The molecule has 0 bridgehead atoms. The number of benzene rings is 2. The number of halogens is 1. The summed E-state index contributed by atoms with van der Waals surface area (Å²) in [6, 6.07) is 13.6. The Hall–Kier alpha value is -1.93. The molecule has 3 rings (SSSR count). The molecule has 6 nitrogen and oxygen atoms in total. The summed E-state index contributed by atoms with van der Waals surface area (Å²) in [5.41, 5.74) is 1.06. The molecule has 0 N–H and O–H groups in total. The fourth-order valence-corrected chi connectivity index (χ4v) is 4.49. The zero-order valence-corrected chi connectivity index (χ0v) is 17.4. The van der Waals surface area contributed by atoms with E-state index in [1.807, 2.05) is 37.3 Å². The SMILES string of the molecule is CC1CN(C(=O)c2cc(S(=O)(=O)N(C)Cc3ccccc3)ccc2Cl)CCO1. The van der Waals surface area contributed by atoms with E-state index >= 15 is 0 Å². The van der Waals surface area contributed by atoms with Crippen LogP contribution in [0.5, 0.6) is 0 Å². The van der Waals surface area contributed by atoms with Crippen LogP contribution in [0.2, 0.25) is 5.02 Å². The molecule has 1 saturated heterocycles. The van der Waals surface area contributed by atoms with E-state index < -0.39 is 10.0 Å². The molecule has 28 heavy (non-hydrogen) atoms. The summed E-state index contributed by atoms with van der Waals surface area (Å²) in [4.78, 5) is 14.6. The van der Waals surface area contributed by atoms with Crippen molar-refractivity contribution >= 4 is 27.5 Å². The molecule has 1 aliphatic rings. The number of sulfonamides is 1. The van der Waals surface area contributed by atoms with Crippen LogP contribution in [0.3, 0.4) is 0 Å². The second-order valence-electron chi connectivity index (χ2n) is 6.82. The molecule has 0 radical (unpaired) electrons. The standard InChI is InChI=1S/C20H23ClN2O4S/c1-15-13-23(10-11-27-15)20(24)18-12-17(8-9-19(18)21)28(25,26)22(2)14-16-6-4-3-5-7-16/h3-9,12,15H,10-11,13-14H2,1-2H3. The van der Waals surface area contributed by atoms with Crippen LogP contribution in [-0.4, -0.2) is 56.4 Å². The summed E-state index contributed by atoms with van der Waals surface area (Å²) in [5.74, 6) is -0.289. The van der Waals surface area contributed by atoms with E-state index in [-0.39, 0.29) is 34.0 Å². The van der Waals surface area contributed by atoms with Crippen molar-refractivity contribution in [2.45, 2.75) is 24.5 Å². The molecule has 0 saturated carbocycles. The van der Waals surface area contributed by atoms with Gasteiger partial charge in [0.1, 0.15) is 0 Å². The topological polar surface area (TPSA) is 66.9 Å². The lowest BCUT2D eigenvalue weighted by molar-refractivity contribution is -0.0124. The quantitative estimate of drug-likeness (QED) is 0.742. The van der Waals surface area contributed by atoms with E-state index in [9.17, 15) is 13.2 Å². The highest BCUT2D eigenvalue weighted by atomic mass is 35.5. The van der Waals surface area contributed by atoms with Crippen molar-refractivity contribution in [1.82, 2.24) is 9.21 Å². The van der Waals surface area contributed by atoms with E-state index in [4.69, 9.17) is 16.3 Å². The van der Waals surface area contributed by atoms with Gasteiger partial charge < -0.3 is 9.64 Å². The van der Waals surface area contributed by atoms with Gasteiger partial charge in [-0.15, -0.1) is 0 Å². The Labute approximate surface area is 170 Å². The van der Waals surface area contributed by atoms with Crippen LogP contribution in [-0.2, 0) is 21.3 Å². The third kappa shape index (κ3) is 4.55. The summed E-state index contributed by atoms with van der Waals surface area (Å²) in [7, 11) is -2.26. The highest BCUT2D eigenvalue weighted by Gasteiger charge is 2.27. The minimum atomic E-state index is -3.77. The first kappa shape index (κ1) is 20.8. The number of nitrogens with zero attached hydrogens (tertiary/aromatic N) is 2. The van der Waals surface area contributed by atoms with Gasteiger partial charge in [-0.1, -0.05) is 41.9 Å². The molecule has 1 amide bonds. The van der Waals surface area contributed by atoms with Gasteiger partial charge in [0.2, 0.25) is 10.0 Å². The minimum Gasteiger partial charge on any atom is -0.375 e. The van der Waals surface area contributed by atoms with Gasteiger partial charge in [0.25, 0.3) is 5.91 Å². The van der Waals surface area contributed by atoms with Crippen LogP contribution in [0, 0.1) is 0 Å². The molecule has 1 aliphatic heterocycles. The number of amides is 1. The molecule has 0 aromatic heterocycles. The lowest BCUT2D eigenvalue weighted by atomic mass is 10.1. The summed E-state index contributed by atoms with van der Waals surface area (Å²) in [5, 5.41) is 0.230. The third-order valence-electron chi connectivity index (χ3n) is 4.65. The van der Waals surface area contributed by atoms with Crippen molar-refractivity contribution < 1.29 is 17.9 Å². The molecular formula is C20H23ClN2O4S. The normalized spacial score (nSPS) is 17.7. The molecule has 1 unspecified atom stereocenters. The van der Waals surface area contributed by atoms with Gasteiger partial charge in [0.15, 0.2) is 0 Å². The van der Waals surface area contributed by atoms with Crippen LogP contribution < -0.4 is 0 Å². The van der Waals surface area contributed by atoms with Crippen LogP contribution in [0.4, 0.5) is 0 Å². The van der Waals surface area contributed by atoms with Crippen molar-refractivity contribution in [3.8, 4) is 0 Å². The Morgan fingerprint density at radius 3 is 2.64 bits per heavy atom. The number of carbonyl (C=O) groups excluding carboxylic acids is 1. The second kappa shape index (κ2) is 8.61. The van der Waals surface area contributed by atoms with E-state index in [2.05, 4.69) is 0 Å². The molecule has 1 heterocycles. The van der Waals surface area contributed by atoms with Crippen molar-refractivity contribution in [1.29, 1.82) is 0 Å². The fraction of sp³-hybridized carbons (Fsp3) is 0.350. The van der Waals surface area contributed by atoms with Gasteiger partial charge in [-0.25, -0.2) is 8.42 Å². The maximum Gasteiger partial charge on any atom is 0.255 e. The Morgan fingerprint density at radius 1 is 1.25 bits per heavy atom. The zero-order valence-electron chi connectivity index (χ0n) is 15.8. The molecule has 1 fully saturated rings. The van der Waals surface area contributed by atoms with E-state index in [1.165, 1.54) is 29.6 Å². The Bertz CT molecular complexity index is 950. The predicted octanol–water partition coefficient (Wildman–Crippen LogP) is 3.02. The molecule has 0 aliphatic carbocycles. The highest BCUT2D eigenvalue weighted by molar-refractivity contribution is 7.89. The van der Waals surface area contributed by atoms with Gasteiger partial charge in [0.05, 0.1) is 28.2 Å². The number of carbonyl (C=O) groups is 1. The predicted molar refractivity (Wildman–Crippen MR) is 108 cm³/mol. The molecule has 0 spiro atoms. The maximum absolute atomic E-state index is 13.0. The van der Waals surface area contributed by atoms with Crippen LogP contribution in [0.1, 0.15) is 22.8 Å². The molecule has 2 aromatic rings. The maximum atomic E-state index is 13.0. The van der Waals surface area contributed by atoms with Crippen LogP contribution in [0.25, 0.3) is 0 Å². The summed E-state index contributed by atoms with van der Waals surface area (Å²) in [6.07, 6.45) is -0.0691. The minimum absolute atomic E-state index is 0.0417. The Balaban J connectivity index is 1.86. The highest BCUT2D eigenvalue weighted by Crippen LogP contribution is 2.25. The van der Waals surface area contributed by atoms with Crippen LogP contribution >= 0.6 is 11.6 Å². The average Bonchev–Trinajstić information content (AvgIpc) is 2.68. The summed E-state index contributed by atoms with van der Waals surface area (Å²) in [6.45, 7) is 3.46. The van der Waals surface area contributed by atoms with Crippen molar-refractivity contribution in [3.63, 3.8) is 0 Å². The molecule has 8 heteroatoms. The fourth-order valence-electron chi connectivity index (χ4n) is 3.11. The first-order valence-electron chi connectivity index (χ1n) is 8.99. The van der Waals surface area contributed by atoms with E-state index in [0.717, 1.165) is 5.56 Å². The molecule has 150 valence electrons. The Morgan fingerprint density at radius 2 is 1.96 bits per heavy atom. The summed E-state index contributed by atoms with van der Waals surface area (Å²) >= 11 is 6.22. The number of hydrogen-bond donors (Lipinski definition) is 0. The smallest absolute Gasteiger partial charge is 0.255 e. The lowest BCUT2D eigenvalue weighted by Crippen LogP contribution is -2.44. The van der Waals surface area contributed by atoms with E-state index in [1.54, 1.807) is 4.90 Å². The molecule has 2 aromatic carbocycles. The van der Waals surface area contributed by atoms with Gasteiger partial charge in [-0.3, -0.25) is 4.79 Å². The monoisotopic (exact) mass is 422 g/mol. The third-order valence-corrected chi connectivity index (χ3v) is 6.78. The zero-order chi connectivity index (χ0) is 20.3. The van der Waals surface area contributed by atoms with E-state index in [0.29, 0.717) is 19.7 Å². The molecular weight excluding hydrogens is 400 g/mol. The van der Waals surface area contributed by atoms with Crippen molar-refractivity contribution in [2.75, 3.05) is 26.7 Å². The first-order chi connectivity index (χ1) is 13.3. The number of morpholine rings is 1. The van der Waals surface area contributed by atoms with Crippen molar-refractivity contribution in [3.05, 3.63) is 64.7 Å². The first-order valence-corrected chi connectivity index (χ1v) is 10.8. The van der Waals surface area contributed by atoms with Gasteiger partial charge in [-0.05, 0) is 30.7 Å². The summed E-state index contributed by atoms with van der Waals surface area (Å²) < 4.78 is 32.7. The number of rotatable bonds is 5. The second-order valence-corrected chi connectivity index (χ2v) is 9.27. The largest absolute Gasteiger partial charge is 0.375 e. The molecule has 1 atom stereocenters. The number of hydrogen-bond acceptors (Lipinski definition) is 4.